The van der Waals surface area contributed by atoms with Crippen molar-refractivity contribution in [3.05, 3.63) is 36.5 Å². The van der Waals surface area contributed by atoms with Crippen molar-refractivity contribution in [1.82, 2.24) is 20.1 Å². The Bertz CT molecular complexity index is 1030. The van der Waals surface area contributed by atoms with E-state index in [9.17, 15) is 14.4 Å². The largest absolute Gasteiger partial charge is 0.443 e. The van der Waals surface area contributed by atoms with E-state index in [4.69, 9.17) is 4.74 Å². The molecule has 3 heterocycles. The molecular formula is C32H47N5O4. The number of ether oxygens (including phenoxy) is 1. The van der Waals surface area contributed by atoms with Gasteiger partial charge >= 0.3 is 6.09 Å². The van der Waals surface area contributed by atoms with Crippen LogP contribution in [-0.2, 0) is 14.3 Å². The summed E-state index contributed by atoms with van der Waals surface area (Å²) in [5.74, 6) is 0.630. The first-order valence-electron chi connectivity index (χ1n) is 15.9. The van der Waals surface area contributed by atoms with E-state index in [1.807, 2.05) is 18.2 Å². The molecule has 3 unspecified atom stereocenters. The van der Waals surface area contributed by atoms with Crippen molar-refractivity contribution in [3.63, 3.8) is 0 Å². The predicted octanol–water partition coefficient (Wildman–Crippen LogP) is 4.25. The monoisotopic (exact) mass is 565 g/mol. The zero-order chi connectivity index (χ0) is 28.6. The number of nitrogens with zero attached hydrogens (tertiary/aromatic N) is 4. The molecule has 4 aliphatic rings. The third kappa shape index (κ3) is 7.29. The zero-order valence-corrected chi connectivity index (χ0v) is 24.6. The molecule has 5 rings (SSSR count). The molecule has 2 aliphatic carbocycles. The molecule has 2 bridgehead atoms. The van der Waals surface area contributed by atoms with Gasteiger partial charge in [0.1, 0.15) is 11.9 Å². The number of rotatable bonds is 15. The lowest BCUT2D eigenvalue weighted by molar-refractivity contribution is -0.142. The van der Waals surface area contributed by atoms with Crippen LogP contribution in [0.3, 0.4) is 0 Å². The molecule has 224 valence electrons. The summed E-state index contributed by atoms with van der Waals surface area (Å²) in [6.45, 7) is 6.61. The summed E-state index contributed by atoms with van der Waals surface area (Å²) in [5.41, 5.74) is 0. The highest BCUT2D eigenvalue weighted by Crippen LogP contribution is 2.52. The minimum atomic E-state index is -0.577. The lowest BCUT2D eigenvalue weighted by atomic mass is 9.85. The molecule has 3 amide bonds. The second-order valence-corrected chi connectivity index (χ2v) is 12.2. The quantitative estimate of drug-likeness (QED) is 0.193. The number of unbranched alkanes of at least 4 members (excludes halogenated alkanes) is 7. The lowest BCUT2D eigenvalue weighted by Crippen LogP contribution is -2.52. The molecule has 41 heavy (non-hydrogen) atoms. The third-order valence-corrected chi connectivity index (χ3v) is 9.33. The number of pyridine rings is 1. The third-order valence-electron chi connectivity index (χ3n) is 9.33. The van der Waals surface area contributed by atoms with E-state index in [-0.39, 0.29) is 42.0 Å². The zero-order valence-electron chi connectivity index (χ0n) is 24.6. The van der Waals surface area contributed by atoms with E-state index in [1.54, 1.807) is 6.20 Å². The van der Waals surface area contributed by atoms with Crippen LogP contribution in [0.2, 0.25) is 0 Å². The Kier molecular flexibility index (Phi) is 10.3. The minimum absolute atomic E-state index is 0.0928. The van der Waals surface area contributed by atoms with Crippen LogP contribution in [0.1, 0.15) is 64.7 Å². The Balaban J connectivity index is 1.12. The van der Waals surface area contributed by atoms with E-state index in [0.29, 0.717) is 13.1 Å². The van der Waals surface area contributed by atoms with Crippen molar-refractivity contribution in [1.29, 1.82) is 0 Å². The number of amides is 3. The molecule has 1 aromatic heterocycles. The summed E-state index contributed by atoms with van der Waals surface area (Å²) in [5, 5.41) is 2.91. The van der Waals surface area contributed by atoms with Gasteiger partial charge in [0.2, 0.25) is 11.8 Å². The van der Waals surface area contributed by atoms with Gasteiger partial charge in [-0.2, -0.15) is 0 Å². The first-order valence-corrected chi connectivity index (χ1v) is 15.9. The fourth-order valence-electron chi connectivity index (χ4n) is 7.11. The highest BCUT2D eigenvalue weighted by Gasteiger charge is 2.59. The van der Waals surface area contributed by atoms with Crippen LogP contribution >= 0.6 is 0 Å². The maximum absolute atomic E-state index is 13.3. The number of aromatic nitrogens is 1. The van der Waals surface area contributed by atoms with E-state index in [0.717, 1.165) is 51.3 Å². The molecule has 2 saturated heterocycles. The summed E-state index contributed by atoms with van der Waals surface area (Å²) >= 11 is 0. The van der Waals surface area contributed by atoms with Crippen LogP contribution in [0, 0.1) is 23.7 Å². The van der Waals surface area contributed by atoms with E-state index >= 15 is 0 Å². The Morgan fingerprint density at radius 1 is 0.927 bits per heavy atom. The number of carbonyl (C=O) groups excluding carboxylic acids is 3. The maximum Gasteiger partial charge on any atom is 0.407 e. The molecule has 0 spiro atoms. The molecule has 3 fully saturated rings. The summed E-state index contributed by atoms with van der Waals surface area (Å²) in [7, 11) is 0. The van der Waals surface area contributed by atoms with Gasteiger partial charge in [0.25, 0.3) is 0 Å². The van der Waals surface area contributed by atoms with Crippen molar-refractivity contribution < 1.29 is 19.1 Å². The van der Waals surface area contributed by atoms with Gasteiger partial charge in [-0.1, -0.05) is 70.1 Å². The molecule has 1 N–H and O–H groups in total. The Morgan fingerprint density at radius 3 is 2.22 bits per heavy atom. The van der Waals surface area contributed by atoms with Gasteiger partial charge < -0.3 is 15.0 Å². The average molecular weight is 566 g/mol. The van der Waals surface area contributed by atoms with Crippen LogP contribution in [0.25, 0.3) is 0 Å². The van der Waals surface area contributed by atoms with Gasteiger partial charge in [0, 0.05) is 45.5 Å². The van der Waals surface area contributed by atoms with Gasteiger partial charge in [-0.15, -0.1) is 0 Å². The second-order valence-electron chi connectivity index (χ2n) is 12.2. The number of allylic oxidation sites excluding steroid dienone is 2. The maximum atomic E-state index is 13.3. The summed E-state index contributed by atoms with van der Waals surface area (Å²) in [6, 6.07) is 5.92. The van der Waals surface area contributed by atoms with E-state index in [1.165, 1.54) is 43.4 Å². The fourth-order valence-corrected chi connectivity index (χ4v) is 7.11. The number of fused-ring (bicyclic) bond motifs is 5. The van der Waals surface area contributed by atoms with Gasteiger partial charge in [-0.25, -0.2) is 9.78 Å². The number of anilines is 1. The van der Waals surface area contributed by atoms with Crippen LogP contribution in [-0.4, -0.2) is 84.6 Å². The SMILES string of the molecule is CCCCCCCCCCNC(=O)OC(CN1CCN(c2ccccn2)CC1)CN1C(=O)C2C3C=C[C@@H](C3)[C@@H]2C1=O. The predicted molar refractivity (Wildman–Crippen MR) is 158 cm³/mol. The van der Waals surface area contributed by atoms with Gasteiger partial charge in [0.15, 0.2) is 0 Å². The summed E-state index contributed by atoms with van der Waals surface area (Å²) in [4.78, 5) is 49.9. The number of piperazine rings is 1. The van der Waals surface area contributed by atoms with Gasteiger partial charge in [-0.3, -0.25) is 19.4 Å². The number of nitrogens with one attached hydrogen (secondary N) is 1. The van der Waals surface area contributed by atoms with Crippen LogP contribution in [0.4, 0.5) is 10.6 Å². The van der Waals surface area contributed by atoms with Crippen LogP contribution in [0.5, 0.6) is 0 Å². The summed E-state index contributed by atoms with van der Waals surface area (Å²) < 4.78 is 5.91. The van der Waals surface area contributed by atoms with Crippen molar-refractivity contribution >= 4 is 23.7 Å². The number of hydrogen-bond acceptors (Lipinski definition) is 7. The highest BCUT2D eigenvalue weighted by atomic mass is 16.6. The molecule has 9 nitrogen and oxygen atoms in total. The van der Waals surface area contributed by atoms with Crippen molar-refractivity contribution in [3.8, 4) is 0 Å². The number of alkyl carbamates (subject to hydrolysis) is 1. The van der Waals surface area contributed by atoms with E-state index < -0.39 is 12.2 Å². The molecule has 9 heteroatoms. The molecule has 5 atom stereocenters. The number of hydrogen-bond donors (Lipinski definition) is 1. The minimum Gasteiger partial charge on any atom is -0.443 e. The number of imide groups is 1. The fraction of sp³-hybridized carbons (Fsp3) is 0.688. The topological polar surface area (TPSA) is 95.1 Å². The second kappa shape index (κ2) is 14.3. The molecular weight excluding hydrogens is 518 g/mol. The number of likely N-dealkylation sites (tertiary alicyclic amines) is 1. The first-order chi connectivity index (χ1) is 20.0. The van der Waals surface area contributed by atoms with Gasteiger partial charge in [0.05, 0.1) is 18.4 Å². The normalized spacial score (nSPS) is 26.1. The molecule has 1 aromatic rings. The van der Waals surface area contributed by atoms with E-state index in [2.05, 4.69) is 39.2 Å². The molecule has 0 radical (unpaired) electrons. The van der Waals surface area contributed by atoms with Gasteiger partial charge in [-0.05, 0) is 36.8 Å². The van der Waals surface area contributed by atoms with Crippen LogP contribution in [0.15, 0.2) is 36.5 Å². The molecule has 0 aromatic carbocycles. The average Bonchev–Trinajstić information content (AvgIpc) is 3.67. The van der Waals surface area contributed by atoms with Crippen molar-refractivity contribution in [2.75, 3.05) is 50.7 Å². The smallest absolute Gasteiger partial charge is 0.407 e. The molecule has 2 aliphatic heterocycles. The van der Waals surface area contributed by atoms with Crippen molar-refractivity contribution in [2.24, 2.45) is 23.7 Å². The summed E-state index contributed by atoms with van der Waals surface area (Å²) in [6.07, 6.45) is 15.5. The van der Waals surface area contributed by atoms with Crippen molar-refractivity contribution in [2.45, 2.75) is 70.8 Å². The standard InChI is InChI=1S/C32H47N5O4/c1-2-3-4-5-6-7-8-10-16-34-32(40)41-26(22-35-17-19-36(20-18-35)27-12-9-11-15-33-27)23-37-30(38)28-24-13-14-25(21-24)29(28)31(37)39/h9,11-15,24-26,28-29H,2-8,10,16-23H2,1H3,(H,34,40)/t24-,25?,26?,28-,29?/m0/s1. The Morgan fingerprint density at radius 2 is 1.59 bits per heavy atom. The molecule has 1 saturated carbocycles. The first kappa shape index (κ1) is 29.5. The highest BCUT2D eigenvalue weighted by molar-refractivity contribution is 6.06. The Labute approximate surface area is 244 Å². The number of carbonyl (C=O) groups is 3. The lowest BCUT2D eigenvalue weighted by Gasteiger charge is -2.37. The Hall–Kier alpha value is -2.94. The van der Waals surface area contributed by atoms with Crippen LogP contribution < -0.4 is 10.2 Å².